The van der Waals surface area contributed by atoms with Crippen LogP contribution in [0.3, 0.4) is 0 Å². The highest BCUT2D eigenvalue weighted by Crippen LogP contribution is 2.35. The maximum atomic E-state index is 11.8. The Hall–Kier alpha value is -2.75. The SMILES string of the molecule is CC(=O)O[C@@H]1[C@@H](OC(C)=O)[C@H](OC(C)=O)CS[C@H]1Oc1cccn2c(C)c(C)nc12. The van der Waals surface area contributed by atoms with Gasteiger partial charge in [-0.3, -0.25) is 14.4 Å². The molecule has 0 bridgehead atoms. The first-order valence-electron chi connectivity index (χ1n) is 9.41. The van der Waals surface area contributed by atoms with E-state index >= 15 is 0 Å². The molecular weight excluding hydrogens is 412 g/mol. The van der Waals surface area contributed by atoms with Crippen LogP contribution in [0.2, 0.25) is 0 Å². The van der Waals surface area contributed by atoms with Gasteiger partial charge in [-0.2, -0.15) is 0 Å². The summed E-state index contributed by atoms with van der Waals surface area (Å²) in [4.78, 5) is 39.5. The van der Waals surface area contributed by atoms with Crippen LogP contribution < -0.4 is 4.74 Å². The van der Waals surface area contributed by atoms with Crippen LogP contribution in [0, 0.1) is 13.8 Å². The van der Waals surface area contributed by atoms with E-state index in [1.807, 2.05) is 30.5 Å². The van der Waals surface area contributed by atoms with E-state index < -0.39 is 41.7 Å². The number of hydrogen-bond donors (Lipinski definition) is 0. The number of fused-ring (bicyclic) bond motifs is 1. The molecule has 10 heteroatoms. The number of esters is 3. The Balaban J connectivity index is 1.94. The van der Waals surface area contributed by atoms with Crippen LogP contribution in [0.25, 0.3) is 5.65 Å². The molecule has 9 nitrogen and oxygen atoms in total. The summed E-state index contributed by atoms with van der Waals surface area (Å²) in [7, 11) is 0. The molecule has 0 unspecified atom stereocenters. The first-order chi connectivity index (χ1) is 14.2. The van der Waals surface area contributed by atoms with E-state index in [0.717, 1.165) is 11.4 Å². The van der Waals surface area contributed by atoms with Crippen molar-refractivity contribution in [2.24, 2.45) is 0 Å². The predicted octanol–water partition coefficient (Wildman–Crippen LogP) is 2.20. The molecule has 2 aromatic rings. The maximum Gasteiger partial charge on any atom is 0.303 e. The molecule has 0 N–H and O–H groups in total. The lowest BCUT2D eigenvalue weighted by atomic mass is 10.1. The second-order valence-electron chi connectivity index (χ2n) is 6.96. The molecule has 30 heavy (non-hydrogen) atoms. The highest BCUT2D eigenvalue weighted by molar-refractivity contribution is 7.99. The van der Waals surface area contributed by atoms with E-state index in [4.69, 9.17) is 18.9 Å². The molecule has 0 spiro atoms. The zero-order valence-corrected chi connectivity index (χ0v) is 18.2. The van der Waals surface area contributed by atoms with Gasteiger partial charge >= 0.3 is 17.9 Å². The molecule has 1 aliphatic rings. The van der Waals surface area contributed by atoms with Crippen molar-refractivity contribution in [1.82, 2.24) is 9.38 Å². The van der Waals surface area contributed by atoms with Crippen LogP contribution in [-0.4, -0.2) is 56.8 Å². The van der Waals surface area contributed by atoms with E-state index in [1.54, 1.807) is 6.07 Å². The van der Waals surface area contributed by atoms with E-state index in [-0.39, 0.29) is 0 Å². The molecule has 1 saturated heterocycles. The van der Waals surface area contributed by atoms with Gasteiger partial charge in [-0.15, -0.1) is 11.8 Å². The molecule has 0 radical (unpaired) electrons. The molecule has 1 aliphatic heterocycles. The molecule has 2 aromatic heterocycles. The molecule has 0 saturated carbocycles. The highest BCUT2D eigenvalue weighted by Gasteiger charge is 2.47. The monoisotopic (exact) mass is 436 g/mol. The van der Waals surface area contributed by atoms with Gasteiger partial charge in [0.05, 0.1) is 5.69 Å². The molecule has 3 rings (SSSR count). The third kappa shape index (κ3) is 4.69. The van der Waals surface area contributed by atoms with E-state index in [1.165, 1.54) is 32.5 Å². The molecule has 0 aromatic carbocycles. The lowest BCUT2D eigenvalue weighted by Gasteiger charge is -2.39. The third-order valence-electron chi connectivity index (χ3n) is 4.64. The largest absolute Gasteiger partial charge is 0.472 e. The maximum absolute atomic E-state index is 11.8. The minimum atomic E-state index is -0.996. The van der Waals surface area contributed by atoms with Gasteiger partial charge in [0.15, 0.2) is 35.1 Å². The fourth-order valence-electron chi connectivity index (χ4n) is 3.30. The van der Waals surface area contributed by atoms with Gasteiger partial charge in [0.1, 0.15) is 0 Å². The van der Waals surface area contributed by atoms with Gasteiger partial charge in [0, 0.05) is 38.4 Å². The number of carbonyl (C=O) groups excluding carboxylic acids is 3. The summed E-state index contributed by atoms with van der Waals surface area (Å²) in [6, 6.07) is 3.60. The summed E-state index contributed by atoms with van der Waals surface area (Å²) in [5.41, 5.74) is 1.77. The van der Waals surface area contributed by atoms with Crippen molar-refractivity contribution >= 4 is 35.3 Å². The van der Waals surface area contributed by atoms with E-state index in [2.05, 4.69) is 4.98 Å². The fraction of sp³-hybridized carbons (Fsp3) is 0.500. The smallest absolute Gasteiger partial charge is 0.303 e. The Kier molecular flexibility index (Phi) is 6.55. The van der Waals surface area contributed by atoms with Crippen molar-refractivity contribution in [3.63, 3.8) is 0 Å². The third-order valence-corrected chi connectivity index (χ3v) is 5.85. The van der Waals surface area contributed by atoms with Crippen LogP contribution in [-0.2, 0) is 28.6 Å². The zero-order chi connectivity index (χ0) is 22.0. The first-order valence-corrected chi connectivity index (χ1v) is 10.5. The topological polar surface area (TPSA) is 105 Å². The zero-order valence-electron chi connectivity index (χ0n) is 17.4. The second-order valence-corrected chi connectivity index (χ2v) is 8.10. The molecule has 0 aliphatic carbocycles. The lowest BCUT2D eigenvalue weighted by molar-refractivity contribution is -0.186. The van der Waals surface area contributed by atoms with Crippen LogP contribution in [0.5, 0.6) is 5.75 Å². The number of aromatic nitrogens is 2. The summed E-state index contributed by atoms with van der Waals surface area (Å²) in [5.74, 6) is -0.875. The molecule has 3 heterocycles. The lowest BCUT2D eigenvalue weighted by Crippen LogP contribution is -2.55. The summed E-state index contributed by atoms with van der Waals surface area (Å²) in [5, 5.41) is 0. The van der Waals surface area contributed by atoms with Gasteiger partial charge in [-0.05, 0) is 26.0 Å². The van der Waals surface area contributed by atoms with Crippen LogP contribution >= 0.6 is 11.8 Å². The highest BCUT2D eigenvalue weighted by atomic mass is 32.2. The fourth-order valence-corrected chi connectivity index (χ4v) is 4.51. The molecule has 0 amide bonds. The van der Waals surface area contributed by atoms with Crippen molar-refractivity contribution in [3.8, 4) is 5.75 Å². The van der Waals surface area contributed by atoms with Gasteiger partial charge in [-0.25, -0.2) is 4.98 Å². The number of carbonyl (C=O) groups is 3. The van der Waals surface area contributed by atoms with Crippen molar-refractivity contribution in [1.29, 1.82) is 0 Å². The Morgan fingerprint density at radius 1 is 1.03 bits per heavy atom. The minimum absolute atomic E-state index is 0.301. The van der Waals surface area contributed by atoms with Crippen molar-refractivity contribution in [2.45, 2.75) is 58.4 Å². The first kappa shape index (κ1) is 21.9. The normalized spacial score (nSPS) is 23.6. The number of pyridine rings is 1. The van der Waals surface area contributed by atoms with Crippen LogP contribution in [0.4, 0.5) is 0 Å². The Bertz CT molecular complexity index is 973. The summed E-state index contributed by atoms with van der Waals surface area (Å²) in [6.45, 7) is 7.62. The summed E-state index contributed by atoms with van der Waals surface area (Å²) < 4.78 is 24.2. The Morgan fingerprint density at radius 3 is 2.30 bits per heavy atom. The van der Waals surface area contributed by atoms with Gasteiger partial charge in [0.2, 0.25) is 0 Å². The Labute approximate surface area is 178 Å². The molecule has 162 valence electrons. The predicted molar refractivity (Wildman–Crippen MR) is 108 cm³/mol. The number of imidazole rings is 1. The average Bonchev–Trinajstić information content (AvgIpc) is 2.94. The van der Waals surface area contributed by atoms with Crippen molar-refractivity contribution in [2.75, 3.05) is 5.75 Å². The molecular formula is C20H24N2O7S. The number of hydrogen-bond acceptors (Lipinski definition) is 9. The minimum Gasteiger partial charge on any atom is -0.472 e. The van der Waals surface area contributed by atoms with Gasteiger partial charge in [-0.1, -0.05) is 0 Å². The van der Waals surface area contributed by atoms with Crippen LogP contribution in [0.1, 0.15) is 32.2 Å². The average molecular weight is 436 g/mol. The standard InChI is InChI=1S/C20H24N2O7S/c1-10-11(2)22-8-6-7-15(19(22)21-10)29-20-18(28-14(5)25)17(27-13(4)24)16(9-30-20)26-12(3)23/h6-8,16-18,20H,9H2,1-5H3/t16-,17+,18-,20-/m1/s1. The Morgan fingerprint density at radius 2 is 1.67 bits per heavy atom. The van der Waals surface area contributed by atoms with Crippen molar-refractivity contribution in [3.05, 3.63) is 29.7 Å². The van der Waals surface area contributed by atoms with Gasteiger partial charge in [0.25, 0.3) is 0 Å². The number of nitrogens with zero attached hydrogens (tertiary/aromatic N) is 2. The number of rotatable bonds is 5. The van der Waals surface area contributed by atoms with E-state index in [9.17, 15) is 14.4 Å². The van der Waals surface area contributed by atoms with Gasteiger partial charge < -0.3 is 23.3 Å². The second kappa shape index (κ2) is 8.95. The van der Waals surface area contributed by atoms with E-state index in [0.29, 0.717) is 17.1 Å². The summed E-state index contributed by atoms with van der Waals surface area (Å²) >= 11 is 1.30. The number of thioether (sulfide) groups is 1. The molecule has 1 fully saturated rings. The number of aryl methyl sites for hydroxylation is 2. The van der Waals surface area contributed by atoms with Crippen LogP contribution in [0.15, 0.2) is 18.3 Å². The van der Waals surface area contributed by atoms with Crippen molar-refractivity contribution < 1.29 is 33.3 Å². The quantitative estimate of drug-likeness (QED) is 0.515. The number of ether oxygens (including phenoxy) is 4. The molecule has 4 atom stereocenters. The summed E-state index contributed by atoms with van der Waals surface area (Å²) in [6.07, 6.45) is -0.864.